The number of carbonyl (C=O) groups is 1. The summed E-state index contributed by atoms with van der Waals surface area (Å²) in [5.74, 6) is 0. The lowest BCUT2D eigenvalue weighted by atomic mass is 11.3. The second-order valence-corrected chi connectivity index (χ2v) is 0.757. The van der Waals surface area contributed by atoms with Crippen molar-refractivity contribution in [2.45, 2.75) is 0 Å². The van der Waals surface area contributed by atoms with Gasteiger partial charge in [-0.15, -0.1) is 0 Å². The molecule has 0 heterocycles. The summed E-state index contributed by atoms with van der Waals surface area (Å²) in [6.07, 6.45) is -1.34. The first-order valence-electron chi connectivity index (χ1n) is 1.72. The Kier molecular flexibility index (Phi) is 3.83. The largest absolute Gasteiger partial charge is 0.512 e. The molecule has 3 nitrogen and oxygen atoms in total. The number of alkyl halides is 2. The lowest BCUT2D eigenvalue weighted by Gasteiger charge is -1.94. The summed E-state index contributed by atoms with van der Waals surface area (Å²) >= 11 is 0. The Balaban J connectivity index is 3.06. The fourth-order valence-corrected chi connectivity index (χ4v) is 0.131. The second-order valence-electron chi connectivity index (χ2n) is 0.757. The molecule has 0 atom stereocenters. The first-order chi connectivity index (χ1) is 3.81. The molecule has 0 spiro atoms. The van der Waals surface area contributed by atoms with Gasteiger partial charge in [-0.05, 0) is 0 Å². The Bertz CT molecular complexity index is 66.9. The van der Waals surface area contributed by atoms with E-state index in [9.17, 15) is 13.6 Å². The molecule has 0 aromatic carbocycles. The topological polar surface area (TPSA) is 35.5 Å². The molecule has 0 radical (unpaired) electrons. The zero-order valence-corrected chi connectivity index (χ0v) is 3.89. The average molecular weight is 126 g/mol. The van der Waals surface area contributed by atoms with Crippen LogP contribution >= 0.6 is 0 Å². The average Bonchev–Trinajstić information content (AvgIpc) is 1.68. The van der Waals surface area contributed by atoms with Crippen LogP contribution in [0.4, 0.5) is 13.6 Å². The fraction of sp³-hybridized carbons (Fsp3) is 0.667. The molecule has 0 aliphatic carbocycles. The van der Waals surface area contributed by atoms with Crippen LogP contribution in [0.3, 0.4) is 0 Å². The molecule has 0 N–H and O–H groups in total. The molecule has 8 heavy (non-hydrogen) atoms. The zero-order chi connectivity index (χ0) is 6.41. The summed E-state index contributed by atoms with van der Waals surface area (Å²) in [7, 11) is 0. The highest BCUT2D eigenvalue weighted by atomic mass is 19.1. The minimum atomic E-state index is -1.34. The van der Waals surface area contributed by atoms with Gasteiger partial charge in [0.1, 0.15) is 0 Å². The van der Waals surface area contributed by atoms with E-state index in [4.69, 9.17) is 0 Å². The SMILES string of the molecule is O=C(OCF)OCF. The molecule has 0 fully saturated rings. The number of rotatable bonds is 2. The molecular formula is C3H4F2O3. The monoisotopic (exact) mass is 126 g/mol. The van der Waals surface area contributed by atoms with Crippen molar-refractivity contribution in [3.63, 3.8) is 0 Å². The predicted molar refractivity (Wildman–Crippen MR) is 19.5 cm³/mol. The van der Waals surface area contributed by atoms with Crippen LogP contribution in [0.25, 0.3) is 0 Å². The van der Waals surface area contributed by atoms with Gasteiger partial charge in [0.2, 0.25) is 13.7 Å². The van der Waals surface area contributed by atoms with E-state index in [0.29, 0.717) is 0 Å². The maximum Gasteiger partial charge on any atom is 0.512 e. The quantitative estimate of drug-likeness (QED) is 0.517. The van der Waals surface area contributed by atoms with E-state index in [1.807, 2.05) is 0 Å². The normalized spacial score (nSPS) is 8.25. The first kappa shape index (κ1) is 7.13. The lowest BCUT2D eigenvalue weighted by molar-refractivity contribution is 0.00509. The molecule has 0 unspecified atom stereocenters. The standard InChI is InChI=1S/C3H4F2O3/c4-1-7-3(6)8-2-5/h1-2H2. The summed E-state index contributed by atoms with van der Waals surface area (Å²) in [5.41, 5.74) is 0. The van der Waals surface area contributed by atoms with Gasteiger partial charge in [0, 0.05) is 0 Å². The van der Waals surface area contributed by atoms with Gasteiger partial charge in [0.05, 0.1) is 0 Å². The van der Waals surface area contributed by atoms with Crippen LogP contribution in [0.5, 0.6) is 0 Å². The minimum Gasteiger partial charge on any atom is -0.402 e. The molecule has 0 aliphatic rings. The number of hydrogen-bond acceptors (Lipinski definition) is 3. The molecule has 0 amide bonds. The molecule has 0 aliphatic heterocycles. The van der Waals surface area contributed by atoms with Crippen molar-refractivity contribution in [3.8, 4) is 0 Å². The van der Waals surface area contributed by atoms with Crippen LogP contribution in [0, 0.1) is 0 Å². The highest BCUT2D eigenvalue weighted by Gasteiger charge is 1.99. The molecule has 48 valence electrons. The Labute approximate surface area is 44.2 Å². The third-order valence-electron chi connectivity index (χ3n) is 0.345. The van der Waals surface area contributed by atoms with Crippen molar-refractivity contribution in [2.24, 2.45) is 0 Å². The van der Waals surface area contributed by atoms with Crippen molar-refractivity contribution in [3.05, 3.63) is 0 Å². The van der Waals surface area contributed by atoms with Gasteiger partial charge >= 0.3 is 6.16 Å². The van der Waals surface area contributed by atoms with Crippen molar-refractivity contribution >= 4 is 6.16 Å². The van der Waals surface area contributed by atoms with Crippen LogP contribution in [0.2, 0.25) is 0 Å². The number of hydrogen-bond donors (Lipinski definition) is 0. The molecule has 0 aromatic heterocycles. The van der Waals surface area contributed by atoms with Crippen molar-refractivity contribution in [1.29, 1.82) is 0 Å². The summed E-state index contributed by atoms with van der Waals surface area (Å²) in [6.45, 7) is -2.59. The van der Waals surface area contributed by atoms with Crippen molar-refractivity contribution in [2.75, 3.05) is 13.7 Å². The summed E-state index contributed by atoms with van der Waals surface area (Å²) in [6, 6.07) is 0. The fourth-order valence-electron chi connectivity index (χ4n) is 0.131. The third-order valence-corrected chi connectivity index (χ3v) is 0.345. The third kappa shape index (κ3) is 3.32. The highest BCUT2D eigenvalue weighted by Crippen LogP contribution is 1.84. The van der Waals surface area contributed by atoms with E-state index < -0.39 is 19.9 Å². The Morgan fingerprint density at radius 1 is 1.25 bits per heavy atom. The van der Waals surface area contributed by atoms with E-state index in [1.165, 1.54) is 0 Å². The minimum absolute atomic E-state index is 1.29. The van der Waals surface area contributed by atoms with Gasteiger partial charge in [-0.25, -0.2) is 13.6 Å². The molecule has 0 saturated heterocycles. The maximum absolute atomic E-state index is 10.9. The van der Waals surface area contributed by atoms with Crippen LogP contribution in [-0.2, 0) is 9.47 Å². The first-order valence-corrected chi connectivity index (χ1v) is 1.72. The van der Waals surface area contributed by atoms with Gasteiger partial charge in [-0.2, -0.15) is 0 Å². The Hall–Kier alpha value is -0.870. The Morgan fingerprint density at radius 2 is 1.62 bits per heavy atom. The molecule has 0 saturated carbocycles. The van der Waals surface area contributed by atoms with Gasteiger partial charge < -0.3 is 9.47 Å². The molecule has 0 bridgehead atoms. The van der Waals surface area contributed by atoms with E-state index in [2.05, 4.69) is 9.47 Å². The van der Waals surface area contributed by atoms with Gasteiger partial charge in [0.15, 0.2) is 0 Å². The number of carbonyl (C=O) groups excluding carboxylic acids is 1. The van der Waals surface area contributed by atoms with Gasteiger partial charge in [-0.1, -0.05) is 0 Å². The maximum atomic E-state index is 10.9. The smallest absolute Gasteiger partial charge is 0.402 e. The summed E-state index contributed by atoms with van der Waals surface area (Å²) in [5, 5.41) is 0. The lowest BCUT2D eigenvalue weighted by Crippen LogP contribution is -2.04. The zero-order valence-electron chi connectivity index (χ0n) is 3.89. The van der Waals surface area contributed by atoms with Crippen LogP contribution in [0.1, 0.15) is 0 Å². The highest BCUT2D eigenvalue weighted by molar-refractivity contribution is 5.59. The van der Waals surface area contributed by atoms with E-state index in [-0.39, 0.29) is 0 Å². The molecule has 0 aromatic rings. The Morgan fingerprint density at radius 3 is 1.88 bits per heavy atom. The van der Waals surface area contributed by atoms with Crippen LogP contribution in [0.15, 0.2) is 0 Å². The number of halogens is 2. The second kappa shape index (κ2) is 4.29. The molecular weight excluding hydrogens is 122 g/mol. The summed E-state index contributed by atoms with van der Waals surface area (Å²) < 4.78 is 28.9. The van der Waals surface area contributed by atoms with E-state index in [0.717, 1.165) is 0 Å². The predicted octanol–water partition coefficient (Wildman–Crippen LogP) is 0.994. The molecule has 0 rings (SSSR count). The van der Waals surface area contributed by atoms with Crippen molar-refractivity contribution in [1.82, 2.24) is 0 Å². The van der Waals surface area contributed by atoms with Crippen molar-refractivity contribution < 1.29 is 23.0 Å². The summed E-state index contributed by atoms with van der Waals surface area (Å²) in [4.78, 5) is 9.72. The van der Waals surface area contributed by atoms with Crippen LogP contribution < -0.4 is 0 Å². The van der Waals surface area contributed by atoms with E-state index in [1.54, 1.807) is 0 Å². The molecule has 5 heteroatoms. The van der Waals surface area contributed by atoms with Gasteiger partial charge in [0.25, 0.3) is 0 Å². The number of ether oxygens (including phenoxy) is 2. The van der Waals surface area contributed by atoms with Gasteiger partial charge in [-0.3, -0.25) is 0 Å². The van der Waals surface area contributed by atoms with E-state index >= 15 is 0 Å². The van der Waals surface area contributed by atoms with Crippen LogP contribution in [-0.4, -0.2) is 19.9 Å².